The standard InChI is InChI=1S/C19H28N4O2S/c1-13(2)17-21-22-19(23(17)12-16-10-7-11-25-16)26-14(3)18(24)20-15-8-5-4-6-9-15/h7,10-11,13-15H,4-6,8-9,12H2,1-3H3,(H,20,24). The summed E-state index contributed by atoms with van der Waals surface area (Å²) in [5.41, 5.74) is 0. The Morgan fingerprint density at radius 2 is 2.08 bits per heavy atom. The van der Waals surface area contributed by atoms with Gasteiger partial charge in [0.05, 0.1) is 18.1 Å². The summed E-state index contributed by atoms with van der Waals surface area (Å²) in [5, 5.41) is 12.4. The minimum Gasteiger partial charge on any atom is -0.467 e. The van der Waals surface area contributed by atoms with Crippen molar-refractivity contribution >= 4 is 17.7 Å². The fraction of sp³-hybridized carbons (Fsp3) is 0.632. The van der Waals surface area contributed by atoms with Crippen LogP contribution in [0.5, 0.6) is 0 Å². The number of thioether (sulfide) groups is 1. The summed E-state index contributed by atoms with van der Waals surface area (Å²) in [4.78, 5) is 12.6. The van der Waals surface area contributed by atoms with E-state index >= 15 is 0 Å². The molecule has 0 bridgehead atoms. The number of nitrogens with zero attached hydrogens (tertiary/aromatic N) is 3. The summed E-state index contributed by atoms with van der Waals surface area (Å²) in [6.07, 6.45) is 7.56. The molecule has 1 aliphatic rings. The Labute approximate surface area is 159 Å². The summed E-state index contributed by atoms with van der Waals surface area (Å²) in [7, 11) is 0. The highest BCUT2D eigenvalue weighted by molar-refractivity contribution is 8.00. The van der Waals surface area contributed by atoms with Crippen LogP contribution in [0.25, 0.3) is 0 Å². The van der Waals surface area contributed by atoms with Crippen LogP contribution in [0.15, 0.2) is 28.0 Å². The monoisotopic (exact) mass is 376 g/mol. The number of carbonyl (C=O) groups is 1. The second kappa shape index (κ2) is 8.75. The van der Waals surface area contributed by atoms with Gasteiger partial charge in [-0.3, -0.25) is 9.36 Å². The number of aromatic nitrogens is 3. The lowest BCUT2D eigenvalue weighted by Crippen LogP contribution is -2.40. The lowest BCUT2D eigenvalue weighted by Gasteiger charge is -2.24. The number of rotatable bonds is 7. The maximum absolute atomic E-state index is 12.6. The molecule has 7 heteroatoms. The fourth-order valence-corrected chi connectivity index (χ4v) is 4.16. The first-order valence-corrected chi connectivity index (χ1v) is 10.3. The van der Waals surface area contributed by atoms with Crippen molar-refractivity contribution in [2.45, 2.75) is 81.8 Å². The molecule has 1 amide bonds. The third kappa shape index (κ3) is 4.69. The van der Waals surface area contributed by atoms with Gasteiger partial charge in [0.25, 0.3) is 0 Å². The first-order chi connectivity index (χ1) is 12.5. The lowest BCUT2D eigenvalue weighted by atomic mass is 9.95. The first kappa shape index (κ1) is 19.0. The van der Waals surface area contributed by atoms with Gasteiger partial charge in [-0.1, -0.05) is 44.9 Å². The van der Waals surface area contributed by atoms with Gasteiger partial charge in [-0.05, 0) is 31.9 Å². The van der Waals surface area contributed by atoms with Crippen LogP contribution in [0.3, 0.4) is 0 Å². The molecule has 1 N–H and O–H groups in total. The average Bonchev–Trinajstić information content (AvgIpc) is 3.27. The zero-order chi connectivity index (χ0) is 18.5. The second-order valence-corrected chi connectivity index (χ2v) is 8.57. The van der Waals surface area contributed by atoms with Crippen LogP contribution in [-0.2, 0) is 11.3 Å². The van der Waals surface area contributed by atoms with Crippen molar-refractivity contribution in [1.82, 2.24) is 20.1 Å². The van der Waals surface area contributed by atoms with Gasteiger partial charge >= 0.3 is 0 Å². The summed E-state index contributed by atoms with van der Waals surface area (Å²) >= 11 is 1.46. The predicted octanol–water partition coefficient (Wildman–Crippen LogP) is 3.97. The molecular formula is C19H28N4O2S. The van der Waals surface area contributed by atoms with Gasteiger partial charge in [-0.15, -0.1) is 10.2 Å². The number of carbonyl (C=O) groups excluding carboxylic acids is 1. The van der Waals surface area contributed by atoms with E-state index < -0.39 is 0 Å². The van der Waals surface area contributed by atoms with Gasteiger partial charge in [-0.25, -0.2) is 0 Å². The molecule has 0 saturated heterocycles. The number of hydrogen-bond acceptors (Lipinski definition) is 5. The molecule has 2 aromatic heterocycles. The number of furan rings is 1. The Bertz CT molecular complexity index is 705. The molecule has 1 saturated carbocycles. The zero-order valence-corrected chi connectivity index (χ0v) is 16.6. The van der Waals surface area contributed by atoms with Gasteiger partial charge in [0, 0.05) is 12.0 Å². The highest BCUT2D eigenvalue weighted by Crippen LogP contribution is 2.27. The molecule has 0 spiro atoms. The lowest BCUT2D eigenvalue weighted by molar-refractivity contribution is -0.121. The maximum atomic E-state index is 12.6. The van der Waals surface area contributed by atoms with Crippen LogP contribution in [0.2, 0.25) is 0 Å². The van der Waals surface area contributed by atoms with Crippen molar-refractivity contribution in [1.29, 1.82) is 0 Å². The SMILES string of the molecule is CC(Sc1nnc(C(C)C)n1Cc1ccco1)C(=O)NC1CCCCC1. The quantitative estimate of drug-likeness (QED) is 0.740. The van der Waals surface area contributed by atoms with Crippen LogP contribution in [0, 0.1) is 0 Å². The molecule has 26 heavy (non-hydrogen) atoms. The van der Waals surface area contributed by atoms with E-state index in [-0.39, 0.29) is 17.1 Å². The number of hydrogen-bond donors (Lipinski definition) is 1. The van der Waals surface area contributed by atoms with Crippen molar-refractivity contribution < 1.29 is 9.21 Å². The van der Waals surface area contributed by atoms with Crippen molar-refractivity contribution in [3.05, 3.63) is 30.0 Å². The van der Waals surface area contributed by atoms with Crippen molar-refractivity contribution in [2.24, 2.45) is 0 Å². The minimum absolute atomic E-state index is 0.0838. The summed E-state index contributed by atoms with van der Waals surface area (Å²) in [6.45, 7) is 6.70. The molecule has 2 aromatic rings. The van der Waals surface area contributed by atoms with Gasteiger partial charge in [-0.2, -0.15) is 0 Å². The Balaban J connectivity index is 1.68. The van der Waals surface area contributed by atoms with Crippen molar-refractivity contribution in [2.75, 3.05) is 0 Å². The fourth-order valence-electron chi connectivity index (χ4n) is 3.30. The molecular weight excluding hydrogens is 348 g/mol. The van der Waals surface area contributed by atoms with E-state index in [1.54, 1.807) is 6.26 Å². The molecule has 2 heterocycles. The Hall–Kier alpha value is -1.76. The molecule has 0 aromatic carbocycles. The zero-order valence-electron chi connectivity index (χ0n) is 15.8. The molecule has 3 rings (SSSR count). The van der Waals surface area contributed by atoms with E-state index in [1.807, 2.05) is 19.1 Å². The van der Waals surface area contributed by atoms with E-state index in [9.17, 15) is 4.79 Å². The van der Waals surface area contributed by atoms with E-state index in [0.29, 0.717) is 12.6 Å². The Morgan fingerprint density at radius 3 is 2.73 bits per heavy atom. The smallest absolute Gasteiger partial charge is 0.233 e. The van der Waals surface area contributed by atoms with E-state index in [4.69, 9.17) is 4.42 Å². The maximum Gasteiger partial charge on any atom is 0.233 e. The highest BCUT2D eigenvalue weighted by Gasteiger charge is 2.24. The van der Waals surface area contributed by atoms with Gasteiger partial charge in [0.15, 0.2) is 5.16 Å². The van der Waals surface area contributed by atoms with Gasteiger partial charge in [0.2, 0.25) is 5.91 Å². The van der Waals surface area contributed by atoms with Crippen molar-refractivity contribution in [3.8, 4) is 0 Å². The highest BCUT2D eigenvalue weighted by atomic mass is 32.2. The van der Waals surface area contributed by atoms with Gasteiger partial charge in [0.1, 0.15) is 11.6 Å². The predicted molar refractivity (Wildman–Crippen MR) is 102 cm³/mol. The molecule has 0 aliphatic heterocycles. The van der Waals surface area contributed by atoms with Gasteiger partial charge < -0.3 is 9.73 Å². The second-order valence-electron chi connectivity index (χ2n) is 7.26. The molecule has 1 fully saturated rings. The van der Waals surface area contributed by atoms with Crippen LogP contribution >= 0.6 is 11.8 Å². The van der Waals surface area contributed by atoms with Crippen LogP contribution in [-0.4, -0.2) is 32.0 Å². The van der Waals surface area contributed by atoms with E-state index in [2.05, 4.69) is 33.9 Å². The number of amides is 1. The first-order valence-electron chi connectivity index (χ1n) is 9.47. The Kier molecular flexibility index (Phi) is 6.40. The third-order valence-corrected chi connectivity index (χ3v) is 5.84. The van der Waals surface area contributed by atoms with E-state index in [1.165, 1.54) is 31.0 Å². The summed E-state index contributed by atoms with van der Waals surface area (Å²) < 4.78 is 7.54. The van der Waals surface area contributed by atoms with E-state index in [0.717, 1.165) is 29.6 Å². The van der Waals surface area contributed by atoms with Crippen LogP contribution in [0.4, 0.5) is 0 Å². The normalized spacial score (nSPS) is 16.8. The van der Waals surface area contributed by atoms with Crippen LogP contribution < -0.4 is 5.32 Å². The third-order valence-electron chi connectivity index (χ3n) is 4.76. The average molecular weight is 377 g/mol. The Morgan fingerprint density at radius 1 is 1.31 bits per heavy atom. The molecule has 142 valence electrons. The molecule has 1 atom stereocenters. The van der Waals surface area contributed by atoms with Crippen LogP contribution in [0.1, 0.15) is 70.4 Å². The topological polar surface area (TPSA) is 73.0 Å². The van der Waals surface area contributed by atoms with Crippen molar-refractivity contribution in [3.63, 3.8) is 0 Å². The molecule has 6 nitrogen and oxygen atoms in total. The molecule has 1 unspecified atom stereocenters. The summed E-state index contributed by atoms with van der Waals surface area (Å²) in [5.74, 6) is 2.09. The largest absolute Gasteiger partial charge is 0.467 e. The molecule has 0 radical (unpaired) electrons. The number of nitrogens with one attached hydrogen (secondary N) is 1. The summed E-state index contributed by atoms with van der Waals surface area (Å²) in [6, 6.07) is 4.14. The minimum atomic E-state index is -0.212. The molecule has 1 aliphatic carbocycles.